The van der Waals surface area contributed by atoms with Gasteiger partial charge in [0.05, 0.1) is 6.42 Å². The Morgan fingerprint density at radius 3 is 2.32 bits per heavy atom. The fourth-order valence-corrected chi connectivity index (χ4v) is 4.84. The minimum atomic E-state index is -0.680. The van der Waals surface area contributed by atoms with Crippen molar-refractivity contribution in [3.63, 3.8) is 0 Å². The van der Waals surface area contributed by atoms with E-state index in [4.69, 9.17) is 4.74 Å². The van der Waals surface area contributed by atoms with E-state index in [1.54, 1.807) is 42.6 Å². The molecule has 3 heterocycles. The van der Waals surface area contributed by atoms with Crippen LogP contribution in [0.2, 0.25) is 0 Å². The molecule has 11 heteroatoms. The second-order valence-electron chi connectivity index (χ2n) is 10.3. The van der Waals surface area contributed by atoms with E-state index in [-0.39, 0.29) is 12.5 Å². The fourth-order valence-electron chi connectivity index (χ4n) is 4.84. The van der Waals surface area contributed by atoms with Crippen molar-refractivity contribution in [2.45, 2.75) is 25.7 Å². The molecule has 0 unspecified atom stereocenters. The molecule has 0 radical (unpaired) electrons. The average Bonchev–Trinajstić information content (AvgIpc) is 2.93. The Hall–Kier alpha value is -4.51. The van der Waals surface area contributed by atoms with Crippen LogP contribution in [0.4, 0.5) is 25.5 Å². The van der Waals surface area contributed by atoms with E-state index in [0.717, 1.165) is 32.5 Å². The number of carbonyl (C=O) groups is 3. The molecule has 2 fully saturated rings. The summed E-state index contributed by atoms with van der Waals surface area (Å²) in [5, 5.41) is 7.70. The lowest BCUT2D eigenvalue weighted by Gasteiger charge is -2.38. The number of nitrogens with zero attached hydrogens (tertiary/aromatic N) is 3. The molecule has 5 rings (SSSR count). The van der Waals surface area contributed by atoms with Crippen molar-refractivity contribution in [3.8, 4) is 11.5 Å². The molecule has 41 heavy (non-hydrogen) atoms. The van der Waals surface area contributed by atoms with E-state index in [1.807, 2.05) is 4.90 Å². The fraction of sp³-hybridized carbons (Fsp3) is 0.333. The molecule has 3 N–H and O–H groups in total. The predicted molar refractivity (Wildman–Crippen MR) is 152 cm³/mol. The van der Waals surface area contributed by atoms with Crippen molar-refractivity contribution in [2.75, 3.05) is 43.4 Å². The summed E-state index contributed by atoms with van der Waals surface area (Å²) >= 11 is 0. The Morgan fingerprint density at radius 2 is 1.63 bits per heavy atom. The van der Waals surface area contributed by atoms with Gasteiger partial charge in [-0.15, -0.1) is 0 Å². The predicted octanol–water partition coefficient (Wildman–Crippen LogP) is 4.85. The highest BCUT2D eigenvalue weighted by molar-refractivity contribution is 6.01. The number of ether oxygens (including phenoxy) is 1. The number of aromatic nitrogens is 1. The minimum absolute atomic E-state index is 0.0494. The number of anilines is 2. The smallest absolute Gasteiger partial charge is 0.325 e. The van der Waals surface area contributed by atoms with Crippen LogP contribution in [0, 0.1) is 11.7 Å². The van der Waals surface area contributed by atoms with Crippen LogP contribution in [0.1, 0.15) is 24.8 Å². The molecule has 0 bridgehead atoms. The average molecular weight is 561 g/mol. The zero-order chi connectivity index (χ0) is 28.6. The lowest BCUT2D eigenvalue weighted by molar-refractivity contribution is -0.119. The van der Waals surface area contributed by atoms with Gasteiger partial charge in [-0.3, -0.25) is 15.4 Å². The van der Waals surface area contributed by atoms with Crippen LogP contribution in [0.5, 0.6) is 11.5 Å². The molecule has 0 spiro atoms. The topological polar surface area (TPSA) is 116 Å². The zero-order valence-electron chi connectivity index (χ0n) is 22.6. The lowest BCUT2D eigenvalue weighted by Crippen LogP contribution is -2.46. The highest BCUT2D eigenvalue weighted by Crippen LogP contribution is 2.25. The first-order valence-corrected chi connectivity index (χ1v) is 13.8. The van der Waals surface area contributed by atoms with Gasteiger partial charge >= 0.3 is 12.1 Å². The second-order valence-corrected chi connectivity index (χ2v) is 10.3. The van der Waals surface area contributed by atoms with E-state index in [9.17, 15) is 18.8 Å². The highest BCUT2D eigenvalue weighted by atomic mass is 19.1. The van der Waals surface area contributed by atoms with Crippen LogP contribution in [0.15, 0.2) is 66.9 Å². The van der Waals surface area contributed by atoms with Gasteiger partial charge in [0.15, 0.2) is 0 Å². The number of imide groups is 1. The first kappa shape index (κ1) is 28.0. The summed E-state index contributed by atoms with van der Waals surface area (Å²) in [6.45, 7) is 5.01. The van der Waals surface area contributed by atoms with Gasteiger partial charge in [0.1, 0.15) is 23.1 Å². The van der Waals surface area contributed by atoms with E-state index in [0.29, 0.717) is 34.5 Å². The maximum absolute atomic E-state index is 13.0. The van der Waals surface area contributed by atoms with Crippen molar-refractivity contribution in [1.29, 1.82) is 0 Å². The molecular weight excluding hydrogens is 527 g/mol. The summed E-state index contributed by atoms with van der Waals surface area (Å²) in [5.41, 5.74) is 1.05. The molecule has 2 saturated heterocycles. The van der Waals surface area contributed by atoms with Gasteiger partial charge in [-0.05, 0) is 86.3 Å². The number of rotatable bonds is 8. The molecule has 2 aromatic carbocycles. The zero-order valence-corrected chi connectivity index (χ0v) is 22.6. The number of likely N-dealkylation sites (tertiary alicyclic amines) is 2. The molecule has 5 amide bonds. The van der Waals surface area contributed by atoms with E-state index < -0.39 is 17.8 Å². The number of pyridine rings is 1. The largest absolute Gasteiger partial charge is 0.457 e. The molecule has 10 nitrogen and oxygen atoms in total. The Labute approximate surface area is 237 Å². The number of urea groups is 2. The second kappa shape index (κ2) is 13.2. The molecular formula is C30H33FN6O4. The number of benzene rings is 2. The van der Waals surface area contributed by atoms with Crippen LogP contribution >= 0.6 is 0 Å². The minimum Gasteiger partial charge on any atom is -0.457 e. The monoisotopic (exact) mass is 560 g/mol. The number of hydrogen-bond donors (Lipinski definition) is 3. The lowest BCUT2D eigenvalue weighted by atomic mass is 9.95. The number of carbonyl (C=O) groups excluding carboxylic acids is 3. The number of halogens is 1. The third-order valence-corrected chi connectivity index (χ3v) is 7.21. The summed E-state index contributed by atoms with van der Waals surface area (Å²) in [5.74, 6) is 1.15. The summed E-state index contributed by atoms with van der Waals surface area (Å²) in [6.07, 6.45) is 4.84. The normalized spacial score (nSPS) is 15.5. The Kier molecular flexibility index (Phi) is 9.05. The number of hydrogen-bond acceptors (Lipinski definition) is 6. The van der Waals surface area contributed by atoms with Crippen LogP contribution in [-0.2, 0) is 11.2 Å². The number of nitrogens with one attached hydrogen (secondary N) is 3. The van der Waals surface area contributed by atoms with Crippen molar-refractivity contribution in [1.82, 2.24) is 20.1 Å². The van der Waals surface area contributed by atoms with Crippen molar-refractivity contribution in [2.24, 2.45) is 5.92 Å². The molecule has 2 aliphatic heterocycles. The number of piperidine rings is 1. The molecule has 0 aliphatic carbocycles. The summed E-state index contributed by atoms with van der Waals surface area (Å²) in [4.78, 5) is 45.6. The van der Waals surface area contributed by atoms with Crippen molar-refractivity contribution < 1.29 is 23.5 Å². The van der Waals surface area contributed by atoms with Gasteiger partial charge in [-0.2, -0.15) is 0 Å². The summed E-state index contributed by atoms with van der Waals surface area (Å²) in [7, 11) is 0. The summed E-state index contributed by atoms with van der Waals surface area (Å²) in [6, 6.07) is 14.6. The maximum atomic E-state index is 13.0. The first-order chi connectivity index (χ1) is 19.9. The van der Waals surface area contributed by atoms with Crippen LogP contribution < -0.4 is 20.7 Å². The summed E-state index contributed by atoms with van der Waals surface area (Å²) < 4.78 is 18.9. The van der Waals surface area contributed by atoms with Gasteiger partial charge in [0.25, 0.3) is 0 Å². The van der Waals surface area contributed by atoms with E-state index >= 15 is 0 Å². The Morgan fingerprint density at radius 1 is 0.902 bits per heavy atom. The Bertz CT molecular complexity index is 1360. The van der Waals surface area contributed by atoms with Gasteiger partial charge in [0, 0.05) is 37.6 Å². The quantitative estimate of drug-likeness (QED) is 0.363. The molecule has 0 saturated carbocycles. The number of amides is 5. The van der Waals surface area contributed by atoms with Gasteiger partial charge in [-0.1, -0.05) is 12.1 Å². The van der Waals surface area contributed by atoms with E-state index in [1.165, 1.54) is 43.8 Å². The molecule has 0 atom stereocenters. The molecule has 1 aromatic heterocycles. The third-order valence-electron chi connectivity index (χ3n) is 7.21. The molecule has 3 aromatic rings. The third kappa shape index (κ3) is 8.24. The van der Waals surface area contributed by atoms with Crippen LogP contribution in [-0.4, -0.2) is 65.5 Å². The molecule has 2 aliphatic rings. The Balaban J connectivity index is 1.06. The molecule has 214 valence electrons. The maximum Gasteiger partial charge on any atom is 0.325 e. The van der Waals surface area contributed by atoms with Gasteiger partial charge < -0.3 is 19.9 Å². The first-order valence-electron chi connectivity index (χ1n) is 13.8. The van der Waals surface area contributed by atoms with Crippen molar-refractivity contribution >= 4 is 29.5 Å². The highest BCUT2D eigenvalue weighted by Gasteiger charge is 2.26. The van der Waals surface area contributed by atoms with E-state index in [2.05, 4.69) is 25.8 Å². The van der Waals surface area contributed by atoms with Gasteiger partial charge in [-0.25, -0.2) is 19.0 Å². The standard InChI is InChI=1S/C30H33FN6O4/c31-23-4-2-21(3-5-23)18-28(38)35-29(39)33-24-6-8-25(9-7-24)41-26-10-13-32-27(19-26)34-30(40)37-16-11-22(12-17-37)20-36-14-1-15-36/h2-10,13,19,22H,1,11-12,14-18,20H2,(H,32,34,40)(H2,33,35,38,39). The van der Waals surface area contributed by atoms with Crippen LogP contribution in [0.3, 0.4) is 0 Å². The SMILES string of the molecule is O=C(Cc1ccc(F)cc1)NC(=O)Nc1ccc(Oc2ccnc(NC(=O)N3CCC(CN4CCC4)CC3)c2)cc1. The van der Waals surface area contributed by atoms with Crippen LogP contribution in [0.25, 0.3) is 0 Å². The van der Waals surface area contributed by atoms with Crippen molar-refractivity contribution in [3.05, 3.63) is 78.2 Å². The van der Waals surface area contributed by atoms with Gasteiger partial charge in [0.2, 0.25) is 5.91 Å².